The highest BCUT2D eigenvalue weighted by atomic mass is 14.9. The van der Waals surface area contributed by atoms with Gasteiger partial charge in [-0.1, -0.05) is 20.8 Å². The first-order valence-corrected chi connectivity index (χ1v) is 8.42. The van der Waals surface area contributed by atoms with Gasteiger partial charge in [0.05, 0.1) is 0 Å². The summed E-state index contributed by atoms with van der Waals surface area (Å²) in [6, 6.07) is 0.410. The molecule has 3 N–H and O–H groups in total. The summed E-state index contributed by atoms with van der Waals surface area (Å²) in [5.74, 6) is 2.52. The average molecular weight is 264 g/mol. The Morgan fingerprint density at radius 3 is 2.37 bits per heavy atom. The molecule has 3 aliphatic rings. The lowest BCUT2D eigenvalue weighted by molar-refractivity contribution is 0.0531. The normalized spacial score (nSPS) is 40.1. The van der Waals surface area contributed by atoms with E-state index in [1.807, 2.05) is 0 Å². The van der Waals surface area contributed by atoms with Crippen molar-refractivity contribution in [3.8, 4) is 0 Å². The molecule has 0 aliphatic heterocycles. The van der Waals surface area contributed by atoms with E-state index in [-0.39, 0.29) is 0 Å². The minimum Gasteiger partial charge on any atom is -0.327 e. The van der Waals surface area contributed by atoms with Gasteiger partial charge in [-0.3, -0.25) is 0 Å². The van der Waals surface area contributed by atoms with Crippen molar-refractivity contribution in [2.45, 2.75) is 65.3 Å². The molecule has 0 bridgehead atoms. The SMILES string of the molecule is CC1C(N)CCC(CNCC2(C3CC3)CC2)C1(C)C. The fraction of sp³-hybridized carbons (Fsp3) is 1.00. The molecule has 2 nitrogen and oxygen atoms in total. The topological polar surface area (TPSA) is 38.0 Å². The van der Waals surface area contributed by atoms with Gasteiger partial charge in [0.25, 0.3) is 0 Å². The van der Waals surface area contributed by atoms with Gasteiger partial charge in [0.15, 0.2) is 0 Å². The summed E-state index contributed by atoms with van der Waals surface area (Å²) in [4.78, 5) is 0. The van der Waals surface area contributed by atoms with Crippen molar-refractivity contribution in [2.75, 3.05) is 13.1 Å². The van der Waals surface area contributed by atoms with Gasteiger partial charge in [-0.05, 0) is 73.7 Å². The molecule has 3 saturated carbocycles. The van der Waals surface area contributed by atoms with E-state index in [9.17, 15) is 0 Å². The van der Waals surface area contributed by atoms with Crippen LogP contribution in [0, 0.1) is 28.6 Å². The van der Waals surface area contributed by atoms with Crippen LogP contribution in [0.5, 0.6) is 0 Å². The van der Waals surface area contributed by atoms with Gasteiger partial charge in [-0.25, -0.2) is 0 Å². The molecule has 0 aromatic heterocycles. The van der Waals surface area contributed by atoms with Crippen molar-refractivity contribution in [2.24, 2.45) is 34.3 Å². The van der Waals surface area contributed by atoms with E-state index in [0.717, 1.165) is 17.3 Å². The Morgan fingerprint density at radius 2 is 1.79 bits per heavy atom. The Hall–Kier alpha value is -0.0800. The molecular weight excluding hydrogens is 232 g/mol. The van der Waals surface area contributed by atoms with Crippen LogP contribution in [-0.4, -0.2) is 19.1 Å². The summed E-state index contributed by atoms with van der Waals surface area (Å²) in [5.41, 5.74) is 7.38. The first-order valence-electron chi connectivity index (χ1n) is 8.42. The quantitative estimate of drug-likeness (QED) is 0.800. The lowest BCUT2D eigenvalue weighted by atomic mass is 9.61. The zero-order valence-corrected chi connectivity index (χ0v) is 13.0. The predicted molar refractivity (Wildman–Crippen MR) is 80.9 cm³/mol. The number of nitrogens with one attached hydrogen (secondary N) is 1. The number of nitrogens with two attached hydrogens (primary N) is 1. The fourth-order valence-electron chi connectivity index (χ4n) is 4.39. The summed E-state index contributed by atoms with van der Waals surface area (Å²) < 4.78 is 0. The standard InChI is InChI=1S/C17H32N2/c1-12-15(18)7-6-14(16(12,2)3)10-19-11-17(8-9-17)13-4-5-13/h12-15,19H,4-11,18H2,1-3H3. The van der Waals surface area contributed by atoms with Gasteiger partial charge in [0.1, 0.15) is 0 Å². The van der Waals surface area contributed by atoms with Crippen LogP contribution in [0.4, 0.5) is 0 Å². The molecule has 3 unspecified atom stereocenters. The van der Waals surface area contributed by atoms with Crippen molar-refractivity contribution < 1.29 is 0 Å². The summed E-state index contributed by atoms with van der Waals surface area (Å²) in [6.07, 6.45) is 8.50. The molecule has 19 heavy (non-hydrogen) atoms. The lowest BCUT2D eigenvalue weighted by Gasteiger charge is -2.47. The number of rotatable bonds is 5. The van der Waals surface area contributed by atoms with E-state index >= 15 is 0 Å². The maximum absolute atomic E-state index is 6.25. The first-order chi connectivity index (χ1) is 8.96. The third-order valence-corrected chi connectivity index (χ3v) is 6.92. The van der Waals surface area contributed by atoms with E-state index in [1.54, 1.807) is 0 Å². The van der Waals surface area contributed by atoms with Gasteiger partial charge in [-0.15, -0.1) is 0 Å². The predicted octanol–water partition coefficient (Wildman–Crippen LogP) is 3.17. The highest BCUT2D eigenvalue weighted by Crippen LogP contribution is 2.60. The van der Waals surface area contributed by atoms with Crippen LogP contribution in [0.25, 0.3) is 0 Å². The van der Waals surface area contributed by atoms with E-state index in [2.05, 4.69) is 26.1 Å². The molecule has 3 rings (SSSR count). The Bertz CT molecular complexity index is 328. The molecule has 0 radical (unpaired) electrons. The van der Waals surface area contributed by atoms with E-state index in [0.29, 0.717) is 17.4 Å². The van der Waals surface area contributed by atoms with Crippen LogP contribution in [0.1, 0.15) is 59.3 Å². The zero-order valence-electron chi connectivity index (χ0n) is 13.0. The van der Waals surface area contributed by atoms with Crippen LogP contribution in [0.2, 0.25) is 0 Å². The Balaban J connectivity index is 1.49. The molecule has 2 heteroatoms. The van der Waals surface area contributed by atoms with Gasteiger partial charge in [0, 0.05) is 12.6 Å². The molecule has 0 heterocycles. The Labute approximate surface area is 118 Å². The maximum Gasteiger partial charge on any atom is 0.00698 e. The van der Waals surface area contributed by atoms with Crippen LogP contribution in [0.15, 0.2) is 0 Å². The summed E-state index contributed by atoms with van der Waals surface area (Å²) in [5, 5.41) is 3.83. The second-order valence-electron chi connectivity index (χ2n) is 8.32. The summed E-state index contributed by atoms with van der Waals surface area (Å²) >= 11 is 0. The summed E-state index contributed by atoms with van der Waals surface area (Å²) in [7, 11) is 0. The number of hydrogen-bond acceptors (Lipinski definition) is 2. The Kier molecular flexibility index (Phi) is 3.46. The zero-order chi connectivity index (χ0) is 13.7. The van der Waals surface area contributed by atoms with Crippen molar-refractivity contribution in [1.82, 2.24) is 5.32 Å². The fourth-order valence-corrected chi connectivity index (χ4v) is 4.39. The number of hydrogen-bond donors (Lipinski definition) is 2. The lowest BCUT2D eigenvalue weighted by Crippen LogP contribution is -2.49. The minimum atomic E-state index is 0.390. The molecule has 0 aromatic rings. The van der Waals surface area contributed by atoms with Crippen LogP contribution < -0.4 is 11.1 Å². The van der Waals surface area contributed by atoms with Crippen molar-refractivity contribution >= 4 is 0 Å². The molecule has 0 spiro atoms. The molecule has 110 valence electrons. The van der Waals surface area contributed by atoms with E-state index in [1.165, 1.54) is 51.6 Å². The molecular formula is C17H32N2. The second kappa shape index (κ2) is 4.73. The third-order valence-electron chi connectivity index (χ3n) is 6.92. The van der Waals surface area contributed by atoms with E-state index < -0.39 is 0 Å². The smallest absolute Gasteiger partial charge is 0.00698 e. The highest BCUT2D eigenvalue weighted by molar-refractivity contribution is 5.05. The molecule has 3 atom stereocenters. The highest BCUT2D eigenvalue weighted by Gasteiger charge is 2.53. The maximum atomic E-state index is 6.25. The van der Waals surface area contributed by atoms with Gasteiger partial charge in [-0.2, -0.15) is 0 Å². The molecule has 3 aliphatic carbocycles. The monoisotopic (exact) mass is 264 g/mol. The van der Waals surface area contributed by atoms with Crippen LogP contribution in [0.3, 0.4) is 0 Å². The largest absolute Gasteiger partial charge is 0.327 e. The van der Waals surface area contributed by atoms with Gasteiger partial charge in [0.2, 0.25) is 0 Å². The van der Waals surface area contributed by atoms with Crippen molar-refractivity contribution in [1.29, 1.82) is 0 Å². The van der Waals surface area contributed by atoms with Crippen LogP contribution >= 0.6 is 0 Å². The first kappa shape index (κ1) is 13.9. The molecule has 0 saturated heterocycles. The van der Waals surface area contributed by atoms with Crippen molar-refractivity contribution in [3.05, 3.63) is 0 Å². The van der Waals surface area contributed by atoms with Crippen molar-refractivity contribution in [3.63, 3.8) is 0 Å². The summed E-state index contributed by atoms with van der Waals surface area (Å²) in [6.45, 7) is 9.69. The van der Waals surface area contributed by atoms with Gasteiger partial charge < -0.3 is 11.1 Å². The molecule has 0 amide bonds. The second-order valence-corrected chi connectivity index (χ2v) is 8.32. The average Bonchev–Trinajstić information content (AvgIpc) is 3.22. The molecule has 3 fully saturated rings. The Morgan fingerprint density at radius 1 is 1.11 bits per heavy atom. The van der Waals surface area contributed by atoms with Crippen LogP contribution in [-0.2, 0) is 0 Å². The van der Waals surface area contributed by atoms with E-state index in [4.69, 9.17) is 5.73 Å². The van der Waals surface area contributed by atoms with Gasteiger partial charge >= 0.3 is 0 Å². The molecule has 0 aromatic carbocycles. The third kappa shape index (κ3) is 2.58. The minimum absolute atomic E-state index is 0.390.